The molecule has 0 aromatic heterocycles. The summed E-state index contributed by atoms with van der Waals surface area (Å²) in [6.07, 6.45) is 13.3. The molecule has 3 rings (SSSR count). The fourth-order valence-corrected chi connectivity index (χ4v) is 6.82. The quantitative estimate of drug-likeness (QED) is 0.580. The highest BCUT2D eigenvalue weighted by atomic mass is 16.5. The zero-order valence-electron chi connectivity index (χ0n) is 19.6. The summed E-state index contributed by atoms with van der Waals surface area (Å²) in [7, 11) is 4.24. The number of fused-ring (bicyclic) bond motifs is 3. The first-order valence-corrected chi connectivity index (χ1v) is 12.2. The molecule has 3 aliphatic carbocycles. The van der Waals surface area contributed by atoms with Crippen molar-refractivity contribution in [1.82, 2.24) is 4.90 Å². The summed E-state index contributed by atoms with van der Waals surface area (Å²) in [4.78, 5) is 13.7. The largest absolute Gasteiger partial charge is 0.462 e. The molecular weight excluding hydrogens is 362 g/mol. The van der Waals surface area contributed by atoms with Gasteiger partial charge in [0.2, 0.25) is 0 Å². The minimum Gasteiger partial charge on any atom is -0.462 e. The molecule has 4 heteroatoms. The van der Waals surface area contributed by atoms with Gasteiger partial charge in [0.1, 0.15) is 6.10 Å². The van der Waals surface area contributed by atoms with Gasteiger partial charge < -0.3 is 14.4 Å². The normalized spacial score (nSPS) is 40.9. The van der Waals surface area contributed by atoms with E-state index in [-0.39, 0.29) is 12.1 Å². The van der Waals surface area contributed by atoms with Crippen LogP contribution in [0.3, 0.4) is 0 Å². The van der Waals surface area contributed by atoms with Crippen molar-refractivity contribution >= 4 is 5.97 Å². The van der Waals surface area contributed by atoms with E-state index in [0.29, 0.717) is 17.4 Å². The fourth-order valence-electron chi connectivity index (χ4n) is 6.82. The van der Waals surface area contributed by atoms with Gasteiger partial charge in [-0.3, -0.25) is 4.79 Å². The highest BCUT2D eigenvalue weighted by Gasteiger charge is 2.50. The molecule has 0 aliphatic heterocycles. The molecule has 0 aromatic carbocycles. The van der Waals surface area contributed by atoms with Crippen molar-refractivity contribution in [3.8, 4) is 0 Å². The second-order valence-corrected chi connectivity index (χ2v) is 10.9. The Morgan fingerprint density at radius 2 is 1.86 bits per heavy atom. The lowest BCUT2D eigenvalue weighted by atomic mass is 9.51. The Morgan fingerprint density at radius 3 is 2.59 bits per heavy atom. The monoisotopic (exact) mass is 407 g/mol. The van der Waals surface area contributed by atoms with E-state index < -0.39 is 0 Å². The van der Waals surface area contributed by atoms with Gasteiger partial charge in [0, 0.05) is 13.5 Å². The molecule has 168 valence electrons. The number of hydrogen-bond acceptors (Lipinski definition) is 4. The zero-order chi connectivity index (χ0) is 21.0. The molecule has 3 fully saturated rings. The molecule has 0 heterocycles. The standard InChI is InChI=1S/C25H45NO3/c1-18-9-12-23-20(7-6-8-24(18)29-19(2)27)10-11-21-17-22(13-14-25(21,23)3)28-16-15-26(4)5/h18,20-24H,6-17H2,1-5H3. The van der Waals surface area contributed by atoms with Crippen LogP contribution in [-0.2, 0) is 14.3 Å². The van der Waals surface area contributed by atoms with E-state index in [9.17, 15) is 4.79 Å². The highest BCUT2D eigenvalue weighted by molar-refractivity contribution is 5.66. The topological polar surface area (TPSA) is 38.8 Å². The van der Waals surface area contributed by atoms with Crippen molar-refractivity contribution in [3.63, 3.8) is 0 Å². The molecule has 7 unspecified atom stereocenters. The van der Waals surface area contributed by atoms with E-state index in [4.69, 9.17) is 9.47 Å². The summed E-state index contributed by atoms with van der Waals surface area (Å²) in [6, 6.07) is 0. The molecule has 7 atom stereocenters. The lowest BCUT2D eigenvalue weighted by Crippen LogP contribution is -2.48. The predicted octanol–water partition coefficient (Wildman–Crippen LogP) is 5.30. The van der Waals surface area contributed by atoms with Crippen LogP contribution in [0.2, 0.25) is 0 Å². The first-order chi connectivity index (χ1) is 13.8. The molecule has 4 nitrogen and oxygen atoms in total. The minimum atomic E-state index is -0.113. The average molecular weight is 408 g/mol. The molecule has 3 saturated carbocycles. The number of carbonyl (C=O) groups is 1. The fraction of sp³-hybridized carbons (Fsp3) is 0.960. The summed E-state index contributed by atoms with van der Waals surface area (Å²) in [5, 5.41) is 0. The number of nitrogens with zero attached hydrogens (tertiary/aromatic N) is 1. The van der Waals surface area contributed by atoms with Crippen molar-refractivity contribution in [2.24, 2.45) is 29.1 Å². The Balaban J connectivity index is 1.63. The number of hydrogen-bond donors (Lipinski definition) is 0. The molecule has 0 bridgehead atoms. The van der Waals surface area contributed by atoms with Crippen LogP contribution in [0.4, 0.5) is 0 Å². The second-order valence-electron chi connectivity index (χ2n) is 10.9. The first kappa shape index (κ1) is 23.1. The Hall–Kier alpha value is -0.610. The SMILES string of the molecule is CC(=O)OC1CCCC2CCC3CC(OCCN(C)C)CCC3(C)C2CCC1C. The number of carbonyl (C=O) groups excluding carboxylic acids is 1. The molecule has 0 radical (unpaired) electrons. The summed E-state index contributed by atoms with van der Waals surface area (Å²) < 4.78 is 12.0. The molecule has 0 aromatic rings. The number of likely N-dealkylation sites (N-methyl/N-ethyl adjacent to an activating group) is 1. The van der Waals surface area contributed by atoms with Gasteiger partial charge in [-0.2, -0.15) is 0 Å². The van der Waals surface area contributed by atoms with E-state index in [1.54, 1.807) is 6.92 Å². The molecule has 0 spiro atoms. The molecule has 0 N–H and O–H groups in total. The van der Waals surface area contributed by atoms with Crippen LogP contribution in [0.15, 0.2) is 0 Å². The first-order valence-electron chi connectivity index (χ1n) is 12.2. The Morgan fingerprint density at radius 1 is 1.07 bits per heavy atom. The second kappa shape index (κ2) is 10.1. The maximum atomic E-state index is 11.5. The van der Waals surface area contributed by atoms with Crippen LogP contribution < -0.4 is 0 Å². The van der Waals surface area contributed by atoms with E-state index in [1.165, 1.54) is 57.8 Å². The van der Waals surface area contributed by atoms with Crippen LogP contribution in [-0.4, -0.2) is 50.3 Å². The van der Waals surface area contributed by atoms with E-state index in [2.05, 4.69) is 32.8 Å². The van der Waals surface area contributed by atoms with E-state index >= 15 is 0 Å². The van der Waals surface area contributed by atoms with Crippen LogP contribution in [0.5, 0.6) is 0 Å². The summed E-state index contributed by atoms with van der Waals surface area (Å²) in [5.41, 5.74) is 0.477. The predicted molar refractivity (Wildman–Crippen MR) is 118 cm³/mol. The van der Waals surface area contributed by atoms with Gasteiger partial charge in [-0.15, -0.1) is 0 Å². The summed E-state index contributed by atoms with van der Waals surface area (Å²) in [5.74, 6) is 2.89. The minimum absolute atomic E-state index is 0.113. The van der Waals surface area contributed by atoms with Gasteiger partial charge in [0.05, 0.1) is 12.7 Å². The van der Waals surface area contributed by atoms with Crippen molar-refractivity contribution in [3.05, 3.63) is 0 Å². The zero-order valence-corrected chi connectivity index (χ0v) is 19.6. The summed E-state index contributed by atoms with van der Waals surface area (Å²) >= 11 is 0. The number of rotatable bonds is 5. The number of ether oxygens (including phenoxy) is 2. The smallest absolute Gasteiger partial charge is 0.302 e. The van der Waals surface area contributed by atoms with Gasteiger partial charge in [-0.05, 0) is 101 Å². The van der Waals surface area contributed by atoms with Crippen molar-refractivity contribution < 1.29 is 14.3 Å². The van der Waals surface area contributed by atoms with Crippen LogP contribution in [0.25, 0.3) is 0 Å². The Labute approximate surface area is 179 Å². The lowest BCUT2D eigenvalue weighted by molar-refractivity contribution is -0.149. The molecule has 0 saturated heterocycles. The van der Waals surface area contributed by atoms with Gasteiger partial charge >= 0.3 is 5.97 Å². The average Bonchev–Trinajstić information content (AvgIpc) is 2.72. The lowest BCUT2D eigenvalue weighted by Gasteiger charge is -2.55. The van der Waals surface area contributed by atoms with Crippen molar-refractivity contribution in [2.45, 2.75) is 97.2 Å². The summed E-state index contributed by atoms with van der Waals surface area (Å²) in [6.45, 7) is 8.35. The molecule has 3 aliphatic rings. The van der Waals surface area contributed by atoms with Gasteiger partial charge in [-0.1, -0.05) is 20.3 Å². The Kier molecular flexibility index (Phi) is 8.06. The molecular formula is C25H45NO3. The molecule has 29 heavy (non-hydrogen) atoms. The third-order valence-corrected chi connectivity index (χ3v) is 8.63. The van der Waals surface area contributed by atoms with Crippen molar-refractivity contribution in [2.75, 3.05) is 27.2 Å². The van der Waals surface area contributed by atoms with Gasteiger partial charge in [0.25, 0.3) is 0 Å². The third-order valence-electron chi connectivity index (χ3n) is 8.63. The van der Waals surface area contributed by atoms with Crippen molar-refractivity contribution in [1.29, 1.82) is 0 Å². The number of esters is 1. The van der Waals surface area contributed by atoms with Gasteiger partial charge in [-0.25, -0.2) is 0 Å². The van der Waals surface area contributed by atoms with E-state index in [1.807, 2.05) is 0 Å². The van der Waals surface area contributed by atoms with Crippen LogP contribution in [0, 0.1) is 29.1 Å². The van der Waals surface area contributed by atoms with Crippen LogP contribution >= 0.6 is 0 Å². The highest BCUT2D eigenvalue weighted by Crippen LogP contribution is 2.58. The maximum Gasteiger partial charge on any atom is 0.302 e. The van der Waals surface area contributed by atoms with E-state index in [0.717, 1.165) is 37.3 Å². The Bertz CT molecular complexity index is 536. The molecule has 0 amide bonds. The van der Waals surface area contributed by atoms with Crippen LogP contribution in [0.1, 0.15) is 85.0 Å². The van der Waals surface area contributed by atoms with Gasteiger partial charge in [0.15, 0.2) is 0 Å². The maximum absolute atomic E-state index is 11.5. The third kappa shape index (κ3) is 5.76.